The fraction of sp³-hybridized carbons (Fsp3) is 0.143. The molecule has 16 heavy (non-hydrogen) atoms. The van der Waals surface area contributed by atoms with Gasteiger partial charge in [0.15, 0.2) is 0 Å². The van der Waals surface area contributed by atoms with E-state index < -0.39 is 35.0 Å². The topological polar surface area (TPSA) is 0 Å². The number of hydrogen-bond acceptors (Lipinski definition) is 0. The maximum atomic E-state index is 12.4. The largest absolute Gasteiger partial charge is 2.00 e. The summed E-state index contributed by atoms with van der Waals surface area (Å²) in [7, 11) is 0. The first kappa shape index (κ1) is 18.3. The van der Waals surface area contributed by atoms with Gasteiger partial charge in [-0.05, 0) is 0 Å². The van der Waals surface area contributed by atoms with E-state index in [-0.39, 0.29) is 40.0 Å². The van der Waals surface area contributed by atoms with Crippen molar-refractivity contribution in [1.29, 1.82) is 0 Å². The molecule has 0 saturated carbocycles. The number of halogens is 8. The molecule has 0 heterocycles. The van der Waals surface area contributed by atoms with Crippen LogP contribution >= 0.6 is 0 Å². The molecule has 1 rings (SSSR count). The van der Waals surface area contributed by atoms with Gasteiger partial charge in [0.2, 0.25) is 0 Å². The van der Waals surface area contributed by atoms with Gasteiger partial charge in [-0.15, -0.1) is 6.07 Å². The Balaban J connectivity index is 0. The van der Waals surface area contributed by atoms with Crippen molar-refractivity contribution in [3.8, 4) is 0 Å². The van der Waals surface area contributed by atoms with Gasteiger partial charge < -0.3 is 17.0 Å². The molecule has 0 aliphatic rings. The molecule has 0 aromatic heterocycles. The SMILES string of the molecule is Fc1[c-]c(F)c(F)c(C(F)(F)F)c1F.[Br-].[Mg+2]. The van der Waals surface area contributed by atoms with Gasteiger partial charge >= 0.3 is 29.2 Å². The Bertz CT molecular complexity index is 350. The quantitative estimate of drug-likeness (QED) is 0.266. The van der Waals surface area contributed by atoms with E-state index in [2.05, 4.69) is 0 Å². The monoisotopic (exact) mass is 320 g/mol. The van der Waals surface area contributed by atoms with Crippen LogP contribution in [0, 0.1) is 29.3 Å². The third kappa shape index (κ3) is 3.49. The van der Waals surface area contributed by atoms with E-state index in [9.17, 15) is 30.7 Å². The summed E-state index contributed by atoms with van der Waals surface area (Å²) in [5, 5.41) is 0. The summed E-state index contributed by atoms with van der Waals surface area (Å²) >= 11 is 0. The van der Waals surface area contributed by atoms with E-state index in [1.165, 1.54) is 0 Å². The van der Waals surface area contributed by atoms with Crippen LogP contribution in [0.15, 0.2) is 0 Å². The number of alkyl halides is 3. The fourth-order valence-electron chi connectivity index (χ4n) is 0.771. The van der Waals surface area contributed by atoms with Gasteiger partial charge in [-0.25, -0.2) is 8.78 Å². The third-order valence-corrected chi connectivity index (χ3v) is 1.33. The zero-order valence-corrected chi connectivity index (χ0v) is 10.2. The molecule has 1 aromatic rings. The Morgan fingerprint density at radius 3 is 1.38 bits per heavy atom. The summed E-state index contributed by atoms with van der Waals surface area (Å²) < 4.78 is 84.8. The summed E-state index contributed by atoms with van der Waals surface area (Å²) in [5.41, 5.74) is -2.59. The second-order valence-electron chi connectivity index (χ2n) is 2.25. The molecule has 9 heteroatoms. The van der Waals surface area contributed by atoms with Crippen LogP contribution < -0.4 is 17.0 Å². The molecular weight excluding hydrogens is 321 g/mol. The van der Waals surface area contributed by atoms with E-state index >= 15 is 0 Å². The first-order valence-electron chi connectivity index (χ1n) is 3.07. The second-order valence-corrected chi connectivity index (χ2v) is 2.25. The first-order valence-corrected chi connectivity index (χ1v) is 3.07. The average molecular weight is 321 g/mol. The molecule has 0 bridgehead atoms. The van der Waals surface area contributed by atoms with Gasteiger partial charge in [0.05, 0.1) is 11.6 Å². The van der Waals surface area contributed by atoms with Crippen LogP contribution in [0.25, 0.3) is 0 Å². The van der Waals surface area contributed by atoms with Gasteiger partial charge in [-0.3, -0.25) is 8.78 Å². The van der Waals surface area contributed by atoms with Crippen LogP contribution in [0.5, 0.6) is 0 Å². The fourth-order valence-corrected chi connectivity index (χ4v) is 0.771. The van der Waals surface area contributed by atoms with E-state index in [0.29, 0.717) is 0 Å². The molecule has 0 nitrogen and oxygen atoms in total. The maximum absolute atomic E-state index is 12.4. The van der Waals surface area contributed by atoms with E-state index in [1.54, 1.807) is 0 Å². The summed E-state index contributed by atoms with van der Waals surface area (Å²) in [6.45, 7) is 0. The molecule has 1 aromatic carbocycles. The summed E-state index contributed by atoms with van der Waals surface area (Å²) in [4.78, 5) is 0. The van der Waals surface area contributed by atoms with Gasteiger partial charge in [0.1, 0.15) is 0 Å². The van der Waals surface area contributed by atoms with Crippen LogP contribution in [0.2, 0.25) is 0 Å². The van der Waals surface area contributed by atoms with E-state index in [4.69, 9.17) is 0 Å². The van der Waals surface area contributed by atoms with Crippen molar-refractivity contribution in [2.45, 2.75) is 6.18 Å². The molecule has 0 unspecified atom stereocenters. The van der Waals surface area contributed by atoms with Gasteiger partial charge in [0.25, 0.3) is 0 Å². The molecule has 86 valence electrons. The second kappa shape index (κ2) is 6.06. The molecule has 0 aliphatic heterocycles. The van der Waals surface area contributed by atoms with Gasteiger partial charge in [-0.1, -0.05) is 0 Å². The standard InChI is InChI=1S/C7F7.BrH.Mg/c8-2-1-3(9)6(11)4(5(2)10)7(12,13)14;;/h;1H;/q-1;;+2/p-1. The van der Waals surface area contributed by atoms with Gasteiger partial charge in [-0.2, -0.15) is 13.2 Å². The van der Waals surface area contributed by atoms with Crippen LogP contribution in [-0.4, -0.2) is 23.1 Å². The van der Waals surface area contributed by atoms with Gasteiger partial charge in [0, 0.05) is 17.2 Å². The smallest absolute Gasteiger partial charge is 1.00 e. The maximum Gasteiger partial charge on any atom is 2.00 e. The normalized spacial score (nSPS) is 10.4. The van der Waals surface area contributed by atoms with Crippen LogP contribution in [-0.2, 0) is 6.18 Å². The number of rotatable bonds is 0. The Morgan fingerprint density at radius 1 is 0.812 bits per heavy atom. The summed E-state index contributed by atoms with van der Waals surface area (Å²) in [6.07, 6.45) is -5.50. The minimum atomic E-state index is -5.50. The Hall–Kier alpha value is -0.0238. The first-order chi connectivity index (χ1) is 6.25. The Morgan fingerprint density at radius 2 is 1.12 bits per heavy atom. The molecule has 0 amide bonds. The minimum Gasteiger partial charge on any atom is -1.00 e. The molecule has 0 saturated heterocycles. The van der Waals surface area contributed by atoms with Crippen LogP contribution in [0.1, 0.15) is 5.56 Å². The predicted octanol–water partition coefficient (Wildman–Crippen LogP) is -0.315. The Labute approximate surface area is 112 Å². The summed E-state index contributed by atoms with van der Waals surface area (Å²) in [5.74, 6) is -9.43. The van der Waals surface area contributed by atoms with Crippen molar-refractivity contribution < 1.29 is 47.7 Å². The van der Waals surface area contributed by atoms with Crippen molar-refractivity contribution >= 4 is 23.1 Å². The van der Waals surface area contributed by atoms with Crippen molar-refractivity contribution in [2.24, 2.45) is 0 Å². The molecular formula is C7BrF7Mg. The van der Waals surface area contributed by atoms with Crippen molar-refractivity contribution in [3.05, 3.63) is 34.9 Å². The molecule has 0 aliphatic carbocycles. The van der Waals surface area contributed by atoms with Crippen molar-refractivity contribution in [2.75, 3.05) is 0 Å². The third-order valence-electron chi connectivity index (χ3n) is 1.33. The van der Waals surface area contributed by atoms with E-state index in [1.807, 2.05) is 0 Å². The summed E-state index contributed by atoms with van der Waals surface area (Å²) in [6, 6.07) is 0.836. The molecule has 0 radical (unpaired) electrons. The number of hydrogen-bond donors (Lipinski definition) is 0. The number of benzene rings is 1. The Kier molecular flexibility index (Phi) is 6.94. The van der Waals surface area contributed by atoms with Crippen molar-refractivity contribution in [3.63, 3.8) is 0 Å². The minimum absolute atomic E-state index is 0. The molecule has 0 atom stereocenters. The zero-order chi connectivity index (χ0) is 11.1. The van der Waals surface area contributed by atoms with Crippen LogP contribution in [0.4, 0.5) is 30.7 Å². The molecule has 0 N–H and O–H groups in total. The van der Waals surface area contributed by atoms with E-state index in [0.717, 1.165) is 6.07 Å². The van der Waals surface area contributed by atoms with Crippen LogP contribution in [0.3, 0.4) is 0 Å². The molecule has 0 spiro atoms. The molecule has 0 fully saturated rings. The predicted molar refractivity (Wildman–Crippen MR) is 35.9 cm³/mol. The average Bonchev–Trinajstić information content (AvgIpc) is 1.98. The van der Waals surface area contributed by atoms with Crippen molar-refractivity contribution in [1.82, 2.24) is 0 Å². The zero-order valence-electron chi connectivity index (χ0n) is 7.23.